The Bertz CT molecular complexity index is 156. The molecule has 0 aromatic rings. The third-order valence-corrected chi connectivity index (χ3v) is 1.56. The highest BCUT2D eigenvalue weighted by Crippen LogP contribution is 1.89. The summed E-state index contributed by atoms with van der Waals surface area (Å²) in [4.78, 5) is 15.0. The van der Waals surface area contributed by atoms with Crippen molar-refractivity contribution in [2.24, 2.45) is 0 Å². The van der Waals surface area contributed by atoms with Crippen molar-refractivity contribution in [1.29, 1.82) is 0 Å². The molecule has 0 rings (SSSR count). The molecule has 0 saturated heterocycles. The van der Waals surface area contributed by atoms with Gasteiger partial charge in [0.25, 0.3) is 0 Å². The van der Waals surface area contributed by atoms with Crippen LogP contribution in [0.15, 0.2) is 0 Å². The van der Waals surface area contributed by atoms with Crippen molar-refractivity contribution in [2.75, 3.05) is 19.0 Å². The predicted molar refractivity (Wildman–Crippen MR) is 47.5 cm³/mol. The zero-order valence-corrected chi connectivity index (χ0v) is 7.78. The van der Waals surface area contributed by atoms with Crippen molar-refractivity contribution in [3.8, 4) is 0 Å². The van der Waals surface area contributed by atoms with Gasteiger partial charge in [0.15, 0.2) is 0 Å². The fraction of sp³-hybridized carbons (Fsp3) is 0.833. The first-order valence-electron chi connectivity index (χ1n) is 3.61. The molecular formula is C6H13NO5S. The molecule has 4 N–H and O–H groups in total. The molecule has 0 spiro atoms. The number of aliphatic carboxylic acids is 1. The van der Waals surface area contributed by atoms with E-state index in [9.17, 15) is 4.79 Å². The van der Waals surface area contributed by atoms with Crippen molar-refractivity contribution in [2.45, 2.75) is 12.1 Å². The SMILES string of the molecule is O=C(O)[C@H](CS)NOCC(O)CO. The van der Waals surface area contributed by atoms with E-state index in [1.165, 1.54) is 0 Å². The minimum Gasteiger partial charge on any atom is -0.480 e. The molecule has 0 aliphatic carbocycles. The average Bonchev–Trinajstić information content (AvgIpc) is 2.11. The zero-order chi connectivity index (χ0) is 10.3. The summed E-state index contributed by atoms with van der Waals surface area (Å²) in [5, 5.41) is 25.7. The number of aliphatic hydroxyl groups excluding tert-OH is 2. The second-order valence-corrected chi connectivity index (χ2v) is 2.70. The normalized spacial score (nSPS) is 15.3. The maximum atomic E-state index is 10.4. The summed E-state index contributed by atoms with van der Waals surface area (Å²) in [7, 11) is 0. The highest BCUT2D eigenvalue weighted by Gasteiger charge is 2.15. The third-order valence-electron chi connectivity index (χ3n) is 1.19. The van der Waals surface area contributed by atoms with Crippen LogP contribution >= 0.6 is 12.6 Å². The molecule has 0 saturated carbocycles. The van der Waals surface area contributed by atoms with E-state index in [-0.39, 0.29) is 12.4 Å². The molecule has 78 valence electrons. The van der Waals surface area contributed by atoms with Crippen LogP contribution in [0.5, 0.6) is 0 Å². The molecule has 2 atom stereocenters. The predicted octanol–water partition coefficient (Wildman–Crippen LogP) is -1.76. The number of hydrogen-bond donors (Lipinski definition) is 5. The number of hydrogen-bond acceptors (Lipinski definition) is 6. The van der Waals surface area contributed by atoms with Gasteiger partial charge in [-0.25, -0.2) is 0 Å². The second-order valence-electron chi connectivity index (χ2n) is 2.34. The van der Waals surface area contributed by atoms with Crippen molar-refractivity contribution >= 4 is 18.6 Å². The maximum absolute atomic E-state index is 10.4. The zero-order valence-electron chi connectivity index (χ0n) is 6.88. The van der Waals surface area contributed by atoms with Crippen LogP contribution < -0.4 is 5.48 Å². The molecule has 7 heteroatoms. The summed E-state index contributed by atoms with van der Waals surface area (Å²) in [5.74, 6) is -1.02. The summed E-state index contributed by atoms with van der Waals surface area (Å²) >= 11 is 3.77. The van der Waals surface area contributed by atoms with E-state index >= 15 is 0 Å². The lowest BCUT2D eigenvalue weighted by atomic mass is 10.4. The van der Waals surface area contributed by atoms with Crippen LogP contribution in [0.1, 0.15) is 0 Å². The molecule has 0 bridgehead atoms. The molecule has 0 radical (unpaired) electrons. The lowest BCUT2D eigenvalue weighted by molar-refractivity contribution is -0.144. The lowest BCUT2D eigenvalue weighted by Crippen LogP contribution is -2.40. The molecule has 0 aliphatic rings. The van der Waals surface area contributed by atoms with Crippen LogP contribution in [0, 0.1) is 0 Å². The Morgan fingerprint density at radius 2 is 2.23 bits per heavy atom. The number of nitrogens with one attached hydrogen (secondary N) is 1. The van der Waals surface area contributed by atoms with Gasteiger partial charge in [0, 0.05) is 5.75 Å². The highest BCUT2D eigenvalue weighted by molar-refractivity contribution is 7.80. The molecule has 0 aromatic heterocycles. The summed E-state index contributed by atoms with van der Waals surface area (Å²) in [5.41, 5.74) is 2.19. The van der Waals surface area contributed by atoms with Crippen molar-refractivity contribution in [1.82, 2.24) is 5.48 Å². The van der Waals surface area contributed by atoms with E-state index in [0.29, 0.717) is 0 Å². The van der Waals surface area contributed by atoms with Gasteiger partial charge < -0.3 is 15.3 Å². The van der Waals surface area contributed by atoms with Crippen molar-refractivity contribution < 1.29 is 25.0 Å². The minimum absolute atomic E-state index is 0.0740. The van der Waals surface area contributed by atoms with Crippen LogP contribution in [-0.2, 0) is 9.63 Å². The lowest BCUT2D eigenvalue weighted by Gasteiger charge is -2.13. The van der Waals surface area contributed by atoms with Gasteiger partial charge in [-0.05, 0) is 0 Å². The highest BCUT2D eigenvalue weighted by atomic mass is 32.1. The monoisotopic (exact) mass is 211 g/mol. The molecule has 0 aromatic carbocycles. The number of hydroxylamine groups is 1. The standard InChI is InChI=1S/C6H13NO5S/c8-1-4(9)2-12-7-5(3-13)6(10)11/h4-5,7-9,13H,1-3H2,(H,10,11)/t4?,5-/m0/s1. The first-order valence-corrected chi connectivity index (χ1v) is 4.25. The van der Waals surface area contributed by atoms with Crippen molar-refractivity contribution in [3.63, 3.8) is 0 Å². The van der Waals surface area contributed by atoms with Crippen LogP contribution in [-0.4, -0.2) is 52.4 Å². The number of carboxylic acids is 1. The van der Waals surface area contributed by atoms with E-state index in [1.807, 2.05) is 0 Å². The second kappa shape index (κ2) is 7.10. The molecular weight excluding hydrogens is 198 g/mol. The minimum atomic E-state index is -1.09. The Hall–Kier alpha value is -0.340. The van der Waals surface area contributed by atoms with Gasteiger partial charge in [0.2, 0.25) is 0 Å². The molecule has 0 fully saturated rings. The Morgan fingerprint density at radius 3 is 2.62 bits per heavy atom. The van der Waals surface area contributed by atoms with Gasteiger partial charge >= 0.3 is 5.97 Å². The van der Waals surface area contributed by atoms with Gasteiger partial charge in [-0.15, -0.1) is 0 Å². The maximum Gasteiger partial charge on any atom is 0.323 e. The Balaban J connectivity index is 3.55. The Morgan fingerprint density at radius 1 is 1.62 bits per heavy atom. The molecule has 0 aliphatic heterocycles. The van der Waals surface area contributed by atoms with Crippen LogP contribution in [0.4, 0.5) is 0 Å². The number of aliphatic hydroxyl groups is 2. The van der Waals surface area contributed by atoms with Crippen molar-refractivity contribution in [3.05, 3.63) is 0 Å². The van der Waals surface area contributed by atoms with E-state index in [2.05, 4.69) is 22.9 Å². The van der Waals surface area contributed by atoms with Gasteiger partial charge in [0.1, 0.15) is 12.1 Å². The molecule has 1 unspecified atom stereocenters. The number of thiol groups is 1. The smallest absolute Gasteiger partial charge is 0.323 e. The van der Waals surface area contributed by atoms with E-state index in [0.717, 1.165) is 0 Å². The summed E-state index contributed by atoms with van der Waals surface area (Å²) in [6.07, 6.45) is -1.01. The first-order chi connectivity index (χ1) is 6.11. The fourth-order valence-electron chi connectivity index (χ4n) is 0.463. The van der Waals surface area contributed by atoms with Gasteiger partial charge in [-0.3, -0.25) is 9.63 Å². The quantitative estimate of drug-likeness (QED) is 0.253. The molecule has 6 nitrogen and oxygen atoms in total. The first kappa shape index (κ1) is 12.7. The Kier molecular flexibility index (Phi) is 6.92. The largest absolute Gasteiger partial charge is 0.480 e. The van der Waals surface area contributed by atoms with Gasteiger partial charge in [0.05, 0.1) is 13.2 Å². The molecule has 0 heterocycles. The third kappa shape index (κ3) is 5.83. The van der Waals surface area contributed by atoms with Crippen LogP contribution in [0.3, 0.4) is 0 Å². The fourth-order valence-corrected chi connectivity index (χ4v) is 0.694. The summed E-state index contributed by atoms with van der Waals surface area (Å²) in [6, 6.07) is -0.922. The van der Waals surface area contributed by atoms with E-state index in [1.54, 1.807) is 0 Å². The van der Waals surface area contributed by atoms with Crippen LogP contribution in [0.2, 0.25) is 0 Å². The number of rotatable bonds is 7. The topological polar surface area (TPSA) is 99.0 Å². The summed E-state index contributed by atoms with van der Waals surface area (Å²) < 4.78 is 0. The van der Waals surface area contributed by atoms with Crippen LogP contribution in [0.25, 0.3) is 0 Å². The Labute approximate surface area is 80.9 Å². The summed E-state index contributed by atoms with van der Waals surface area (Å²) in [6.45, 7) is -0.603. The van der Waals surface area contributed by atoms with E-state index in [4.69, 9.17) is 15.3 Å². The molecule has 13 heavy (non-hydrogen) atoms. The number of carbonyl (C=O) groups is 1. The number of carboxylic acid groups (broad SMARTS) is 1. The van der Waals surface area contributed by atoms with Gasteiger partial charge in [-0.2, -0.15) is 18.1 Å². The molecule has 0 amide bonds. The average molecular weight is 211 g/mol. The van der Waals surface area contributed by atoms with E-state index < -0.39 is 24.7 Å². The van der Waals surface area contributed by atoms with Gasteiger partial charge in [-0.1, -0.05) is 0 Å².